The van der Waals surface area contributed by atoms with Crippen molar-refractivity contribution in [2.75, 3.05) is 18.4 Å². The lowest BCUT2D eigenvalue weighted by Gasteiger charge is -2.21. The Balaban J connectivity index is 1.68. The number of thiophene rings is 1. The van der Waals surface area contributed by atoms with Crippen molar-refractivity contribution in [3.63, 3.8) is 0 Å². The van der Waals surface area contributed by atoms with Crippen molar-refractivity contribution in [2.45, 2.75) is 50.3 Å². The van der Waals surface area contributed by atoms with Crippen LogP contribution >= 0.6 is 11.3 Å². The lowest BCUT2D eigenvalue weighted by atomic mass is 10.2. The van der Waals surface area contributed by atoms with Crippen LogP contribution in [0.5, 0.6) is 0 Å². The number of nitrogens with zero attached hydrogens (tertiary/aromatic N) is 1. The van der Waals surface area contributed by atoms with Crippen molar-refractivity contribution < 1.29 is 18.0 Å². The summed E-state index contributed by atoms with van der Waals surface area (Å²) in [5.74, 6) is -0.375. The summed E-state index contributed by atoms with van der Waals surface area (Å²) in [5.41, 5.74) is 1.08. The number of benzene rings is 1. The van der Waals surface area contributed by atoms with Crippen molar-refractivity contribution in [1.29, 1.82) is 0 Å². The molecular formula is C21H26N2O4S2. The fourth-order valence-electron chi connectivity index (χ4n) is 3.39. The van der Waals surface area contributed by atoms with Crippen LogP contribution in [0.2, 0.25) is 0 Å². The van der Waals surface area contributed by atoms with Crippen LogP contribution in [0.4, 0.5) is 5.69 Å². The molecule has 156 valence electrons. The Bertz CT molecular complexity index is 961. The smallest absolute Gasteiger partial charge is 0.243 e. The number of rotatable bonds is 7. The van der Waals surface area contributed by atoms with E-state index >= 15 is 0 Å². The zero-order chi connectivity index (χ0) is 20.9. The number of nitrogens with one attached hydrogen (secondary N) is 1. The molecule has 1 aliphatic heterocycles. The van der Waals surface area contributed by atoms with Crippen LogP contribution in [0.15, 0.2) is 40.6 Å². The minimum Gasteiger partial charge on any atom is -0.326 e. The van der Waals surface area contributed by atoms with E-state index in [-0.39, 0.29) is 29.4 Å². The minimum atomic E-state index is -3.60. The maximum absolute atomic E-state index is 13.1. The standard InChI is InChI=1S/C21H26N2O4S2/c1-16-8-9-17(22-21(25)11-10-18(24)19-7-6-14-28-19)15-20(16)29(26,27)23-12-4-2-3-5-13-23/h6-9,14-15H,2-5,10-13H2,1H3,(H,22,25). The van der Waals surface area contributed by atoms with E-state index in [0.717, 1.165) is 25.7 Å². The van der Waals surface area contributed by atoms with Gasteiger partial charge in [-0.05, 0) is 48.9 Å². The number of aryl methyl sites for hydroxylation is 1. The van der Waals surface area contributed by atoms with Gasteiger partial charge in [0.2, 0.25) is 15.9 Å². The monoisotopic (exact) mass is 434 g/mol. The Morgan fingerprint density at radius 3 is 2.45 bits per heavy atom. The molecule has 1 aromatic heterocycles. The van der Waals surface area contributed by atoms with Crippen molar-refractivity contribution >= 4 is 38.7 Å². The molecule has 2 heterocycles. The second kappa shape index (κ2) is 9.65. The van der Waals surface area contributed by atoms with Crippen LogP contribution < -0.4 is 5.32 Å². The molecule has 1 amide bonds. The molecule has 0 spiro atoms. The molecule has 1 N–H and O–H groups in total. The molecule has 6 nitrogen and oxygen atoms in total. The molecule has 1 aromatic carbocycles. The van der Waals surface area contributed by atoms with Crippen LogP contribution in [-0.2, 0) is 14.8 Å². The molecule has 1 fully saturated rings. The number of hydrogen-bond donors (Lipinski definition) is 1. The Morgan fingerprint density at radius 1 is 1.07 bits per heavy atom. The average Bonchev–Trinajstić information content (AvgIpc) is 3.09. The van der Waals surface area contributed by atoms with Gasteiger partial charge in [0.15, 0.2) is 5.78 Å². The molecule has 0 unspecified atom stereocenters. The molecule has 8 heteroatoms. The van der Waals surface area contributed by atoms with E-state index in [2.05, 4.69) is 5.32 Å². The number of ketones is 1. The quantitative estimate of drug-likeness (QED) is 0.661. The number of Topliss-reactive ketones (excluding diaryl/α,β-unsaturated/α-hetero) is 1. The van der Waals surface area contributed by atoms with E-state index < -0.39 is 10.0 Å². The van der Waals surface area contributed by atoms with Gasteiger partial charge in [0.25, 0.3) is 0 Å². The summed E-state index contributed by atoms with van der Waals surface area (Å²) in [4.78, 5) is 25.2. The van der Waals surface area contributed by atoms with Crippen LogP contribution in [0.1, 0.15) is 53.8 Å². The largest absolute Gasteiger partial charge is 0.326 e. The number of carbonyl (C=O) groups excluding carboxylic acids is 2. The van der Waals surface area contributed by atoms with E-state index in [1.807, 2.05) is 5.38 Å². The second-order valence-corrected chi connectivity index (χ2v) is 10.1. The van der Waals surface area contributed by atoms with Gasteiger partial charge in [0, 0.05) is 31.6 Å². The summed E-state index contributed by atoms with van der Waals surface area (Å²) < 4.78 is 27.8. The van der Waals surface area contributed by atoms with Gasteiger partial charge in [-0.2, -0.15) is 4.31 Å². The highest BCUT2D eigenvalue weighted by atomic mass is 32.2. The Kier molecular flexibility index (Phi) is 7.21. The zero-order valence-electron chi connectivity index (χ0n) is 16.5. The lowest BCUT2D eigenvalue weighted by molar-refractivity contribution is -0.116. The first-order valence-corrected chi connectivity index (χ1v) is 12.2. The molecule has 0 bridgehead atoms. The SMILES string of the molecule is Cc1ccc(NC(=O)CCC(=O)c2cccs2)cc1S(=O)(=O)N1CCCCCC1. The van der Waals surface area contributed by atoms with E-state index in [1.54, 1.807) is 35.5 Å². The van der Waals surface area contributed by atoms with Gasteiger partial charge < -0.3 is 5.32 Å². The first-order valence-electron chi connectivity index (χ1n) is 9.85. The fourth-order valence-corrected chi connectivity index (χ4v) is 5.85. The molecule has 0 radical (unpaired) electrons. The molecule has 1 saturated heterocycles. The number of anilines is 1. The highest BCUT2D eigenvalue weighted by Crippen LogP contribution is 2.26. The summed E-state index contributed by atoms with van der Waals surface area (Å²) >= 11 is 1.36. The van der Waals surface area contributed by atoms with Gasteiger partial charge in [-0.25, -0.2) is 8.42 Å². The van der Waals surface area contributed by atoms with E-state index in [0.29, 0.717) is 29.2 Å². The number of sulfonamides is 1. The normalized spacial score (nSPS) is 15.6. The summed E-state index contributed by atoms with van der Waals surface area (Å²) in [5, 5.41) is 4.55. The van der Waals surface area contributed by atoms with Crippen LogP contribution in [0, 0.1) is 6.92 Å². The molecule has 1 aliphatic rings. The van der Waals surface area contributed by atoms with Gasteiger partial charge in [0.05, 0.1) is 9.77 Å². The maximum Gasteiger partial charge on any atom is 0.243 e. The Hall–Kier alpha value is -2.03. The molecule has 2 aromatic rings. The van der Waals surface area contributed by atoms with Gasteiger partial charge in [-0.1, -0.05) is 25.0 Å². The average molecular weight is 435 g/mol. The minimum absolute atomic E-state index is 0.0544. The third kappa shape index (κ3) is 5.52. The van der Waals surface area contributed by atoms with Gasteiger partial charge in [0.1, 0.15) is 0 Å². The predicted molar refractivity (Wildman–Crippen MR) is 115 cm³/mol. The molecule has 0 saturated carbocycles. The first kappa shape index (κ1) is 21.7. The highest BCUT2D eigenvalue weighted by Gasteiger charge is 2.27. The molecule has 0 atom stereocenters. The summed E-state index contributed by atoms with van der Waals surface area (Å²) in [7, 11) is -3.60. The van der Waals surface area contributed by atoms with Gasteiger partial charge in [-0.3, -0.25) is 9.59 Å². The van der Waals surface area contributed by atoms with Crippen molar-refractivity contribution in [3.8, 4) is 0 Å². The van der Waals surface area contributed by atoms with E-state index in [1.165, 1.54) is 17.4 Å². The Morgan fingerprint density at radius 2 is 1.79 bits per heavy atom. The zero-order valence-corrected chi connectivity index (χ0v) is 18.2. The van der Waals surface area contributed by atoms with E-state index in [9.17, 15) is 18.0 Å². The van der Waals surface area contributed by atoms with Crippen LogP contribution in [0.25, 0.3) is 0 Å². The molecular weight excluding hydrogens is 408 g/mol. The van der Waals surface area contributed by atoms with Crippen molar-refractivity contribution in [2.24, 2.45) is 0 Å². The number of carbonyl (C=O) groups is 2. The molecule has 3 rings (SSSR count). The number of hydrogen-bond acceptors (Lipinski definition) is 5. The van der Waals surface area contributed by atoms with Crippen molar-refractivity contribution in [1.82, 2.24) is 4.31 Å². The fraction of sp³-hybridized carbons (Fsp3) is 0.429. The first-order chi connectivity index (χ1) is 13.9. The maximum atomic E-state index is 13.1. The summed E-state index contributed by atoms with van der Waals surface area (Å²) in [6.07, 6.45) is 4.01. The summed E-state index contributed by atoms with van der Waals surface area (Å²) in [6, 6.07) is 8.46. The topological polar surface area (TPSA) is 83.5 Å². The lowest BCUT2D eigenvalue weighted by Crippen LogP contribution is -2.32. The second-order valence-electron chi connectivity index (χ2n) is 7.25. The van der Waals surface area contributed by atoms with E-state index in [4.69, 9.17) is 0 Å². The van der Waals surface area contributed by atoms with Crippen LogP contribution in [0.3, 0.4) is 0 Å². The Labute approximate surface area is 176 Å². The summed E-state index contributed by atoms with van der Waals surface area (Å²) in [6.45, 7) is 2.82. The highest BCUT2D eigenvalue weighted by molar-refractivity contribution is 7.89. The predicted octanol–water partition coefficient (Wildman–Crippen LogP) is 4.22. The van der Waals surface area contributed by atoms with Gasteiger partial charge >= 0.3 is 0 Å². The van der Waals surface area contributed by atoms with Crippen molar-refractivity contribution in [3.05, 3.63) is 46.2 Å². The van der Waals surface area contributed by atoms with Gasteiger partial charge in [-0.15, -0.1) is 11.3 Å². The molecule has 29 heavy (non-hydrogen) atoms. The third-order valence-corrected chi connectivity index (χ3v) is 7.98. The van der Waals surface area contributed by atoms with Crippen LogP contribution in [-0.4, -0.2) is 37.5 Å². The third-order valence-electron chi connectivity index (χ3n) is 5.03. The number of amides is 1. The molecule has 0 aliphatic carbocycles.